The zero-order chi connectivity index (χ0) is 15.5. The molecule has 0 saturated carbocycles. The van der Waals surface area contributed by atoms with E-state index in [0.717, 1.165) is 28.6 Å². The van der Waals surface area contributed by atoms with E-state index in [1.807, 2.05) is 47.9 Å². The van der Waals surface area contributed by atoms with Crippen LogP contribution in [0.5, 0.6) is 5.75 Å². The number of nitrogens with zero attached hydrogens (tertiary/aromatic N) is 1. The quantitative estimate of drug-likeness (QED) is 0.736. The summed E-state index contributed by atoms with van der Waals surface area (Å²) in [6, 6.07) is 17.8. The van der Waals surface area contributed by atoms with Gasteiger partial charge in [-0.05, 0) is 30.5 Å². The number of aryl methyl sites for hydroxylation is 3. The van der Waals surface area contributed by atoms with E-state index in [1.54, 1.807) is 13.2 Å². The number of hydrogen-bond donors (Lipinski definition) is 0. The third-order valence-electron chi connectivity index (χ3n) is 3.99. The summed E-state index contributed by atoms with van der Waals surface area (Å²) in [5.41, 5.74) is 3.10. The van der Waals surface area contributed by atoms with Gasteiger partial charge in [-0.1, -0.05) is 42.5 Å². The Hall–Kier alpha value is -2.55. The number of para-hydroxylation sites is 1. The van der Waals surface area contributed by atoms with Crippen molar-refractivity contribution < 1.29 is 4.74 Å². The smallest absolute Gasteiger partial charge is 0.251 e. The molecule has 0 unspecified atom stereocenters. The summed E-state index contributed by atoms with van der Waals surface area (Å²) in [5, 5.41) is 1.06. The molecule has 112 valence electrons. The van der Waals surface area contributed by atoms with Crippen molar-refractivity contribution in [3.8, 4) is 5.75 Å². The van der Waals surface area contributed by atoms with E-state index < -0.39 is 0 Å². The standard InChI is InChI=1S/C19H19NO2/c1-14-13-18(21)20(12-11-15-7-4-3-5-8-15)19-16(14)9-6-10-17(19)22-2/h3-10,13H,11-12H2,1-2H3. The molecular weight excluding hydrogens is 274 g/mol. The minimum Gasteiger partial charge on any atom is -0.495 e. The normalized spacial score (nSPS) is 10.8. The number of fused-ring (bicyclic) bond motifs is 1. The molecule has 0 aliphatic carbocycles. The maximum atomic E-state index is 12.5. The van der Waals surface area contributed by atoms with Crippen molar-refractivity contribution in [3.05, 3.63) is 76.1 Å². The minimum absolute atomic E-state index is 0.0189. The third kappa shape index (κ3) is 2.62. The topological polar surface area (TPSA) is 31.2 Å². The van der Waals surface area contributed by atoms with E-state index in [2.05, 4.69) is 12.1 Å². The van der Waals surface area contributed by atoms with Crippen molar-refractivity contribution in [2.75, 3.05) is 7.11 Å². The van der Waals surface area contributed by atoms with E-state index in [9.17, 15) is 4.79 Å². The van der Waals surface area contributed by atoms with Crippen LogP contribution in [-0.4, -0.2) is 11.7 Å². The van der Waals surface area contributed by atoms with Crippen molar-refractivity contribution in [2.45, 2.75) is 19.9 Å². The van der Waals surface area contributed by atoms with Gasteiger partial charge in [-0.15, -0.1) is 0 Å². The average Bonchev–Trinajstić information content (AvgIpc) is 2.55. The van der Waals surface area contributed by atoms with E-state index in [0.29, 0.717) is 6.54 Å². The monoisotopic (exact) mass is 293 g/mol. The molecule has 0 N–H and O–H groups in total. The molecule has 0 atom stereocenters. The van der Waals surface area contributed by atoms with Crippen LogP contribution < -0.4 is 10.3 Å². The summed E-state index contributed by atoms with van der Waals surface area (Å²) in [6.45, 7) is 2.60. The first-order valence-electron chi connectivity index (χ1n) is 7.42. The molecule has 3 rings (SSSR count). The zero-order valence-corrected chi connectivity index (χ0v) is 12.9. The molecule has 3 aromatic rings. The van der Waals surface area contributed by atoms with Crippen molar-refractivity contribution in [1.29, 1.82) is 0 Å². The summed E-state index contributed by atoms with van der Waals surface area (Å²) in [5.74, 6) is 0.742. The predicted molar refractivity (Wildman–Crippen MR) is 89.6 cm³/mol. The number of pyridine rings is 1. The molecule has 3 heteroatoms. The predicted octanol–water partition coefficient (Wildman–Crippen LogP) is 3.56. The van der Waals surface area contributed by atoms with Crippen LogP contribution in [0.1, 0.15) is 11.1 Å². The molecule has 0 radical (unpaired) electrons. The first-order chi connectivity index (χ1) is 10.7. The fraction of sp³-hybridized carbons (Fsp3) is 0.211. The van der Waals surface area contributed by atoms with Gasteiger partial charge in [0.2, 0.25) is 0 Å². The van der Waals surface area contributed by atoms with Crippen LogP contribution in [0.15, 0.2) is 59.4 Å². The molecule has 0 aliphatic heterocycles. The van der Waals surface area contributed by atoms with Gasteiger partial charge in [0.1, 0.15) is 5.75 Å². The molecule has 0 fully saturated rings. The van der Waals surface area contributed by atoms with Gasteiger partial charge in [0, 0.05) is 18.0 Å². The molecule has 1 aromatic heterocycles. The maximum absolute atomic E-state index is 12.5. The van der Waals surface area contributed by atoms with Crippen LogP contribution in [0.2, 0.25) is 0 Å². The Bertz CT molecular complexity index is 850. The molecule has 0 bridgehead atoms. The lowest BCUT2D eigenvalue weighted by atomic mass is 10.1. The molecule has 0 aliphatic rings. The Morgan fingerprint density at radius 1 is 1.05 bits per heavy atom. The summed E-state index contributed by atoms with van der Waals surface area (Å²) >= 11 is 0. The van der Waals surface area contributed by atoms with Gasteiger partial charge >= 0.3 is 0 Å². The molecule has 0 amide bonds. The van der Waals surface area contributed by atoms with Gasteiger partial charge in [-0.25, -0.2) is 0 Å². The van der Waals surface area contributed by atoms with Gasteiger partial charge in [0.15, 0.2) is 0 Å². The Morgan fingerprint density at radius 3 is 2.55 bits per heavy atom. The Kier molecular flexibility index (Phi) is 3.96. The summed E-state index contributed by atoms with van der Waals surface area (Å²) in [6.07, 6.45) is 0.816. The Morgan fingerprint density at radius 2 is 1.82 bits per heavy atom. The van der Waals surface area contributed by atoms with E-state index in [4.69, 9.17) is 4.74 Å². The summed E-state index contributed by atoms with van der Waals surface area (Å²) < 4.78 is 7.28. The number of aromatic nitrogens is 1. The lowest BCUT2D eigenvalue weighted by Crippen LogP contribution is -2.21. The second-order valence-corrected chi connectivity index (χ2v) is 5.41. The largest absolute Gasteiger partial charge is 0.495 e. The van der Waals surface area contributed by atoms with Gasteiger partial charge in [-0.3, -0.25) is 4.79 Å². The third-order valence-corrected chi connectivity index (χ3v) is 3.99. The van der Waals surface area contributed by atoms with E-state index >= 15 is 0 Å². The Labute approximate surface area is 129 Å². The lowest BCUT2D eigenvalue weighted by Gasteiger charge is -2.15. The van der Waals surface area contributed by atoms with Crippen LogP contribution in [0.25, 0.3) is 10.9 Å². The van der Waals surface area contributed by atoms with Crippen molar-refractivity contribution in [1.82, 2.24) is 4.57 Å². The number of rotatable bonds is 4. The number of ether oxygens (including phenoxy) is 1. The molecule has 2 aromatic carbocycles. The maximum Gasteiger partial charge on any atom is 0.251 e. The molecule has 22 heavy (non-hydrogen) atoms. The molecule has 0 spiro atoms. The van der Waals surface area contributed by atoms with E-state index in [-0.39, 0.29) is 5.56 Å². The van der Waals surface area contributed by atoms with E-state index in [1.165, 1.54) is 5.56 Å². The Balaban J connectivity index is 2.10. The van der Waals surface area contributed by atoms with Gasteiger partial charge in [0.05, 0.1) is 12.6 Å². The first kappa shape index (κ1) is 14.4. The first-order valence-corrected chi connectivity index (χ1v) is 7.42. The highest BCUT2D eigenvalue weighted by molar-refractivity contribution is 5.87. The zero-order valence-electron chi connectivity index (χ0n) is 12.9. The summed E-state index contributed by atoms with van der Waals surface area (Å²) in [4.78, 5) is 12.5. The van der Waals surface area contributed by atoms with Gasteiger partial charge in [-0.2, -0.15) is 0 Å². The van der Waals surface area contributed by atoms with Crippen molar-refractivity contribution >= 4 is 10.9 Å². The fourth-order valence-corrected chi connectivity index (χ4v) is 2.84. The second kappa shape index (κ2) is 6.06. The summed E-state index contributed by atoms with van der Waals surface area (Å²) in [7, 11) is 1.64. The minimum atomic E-state index is 0.0189. The van der Waals surface area contributed by atoms with Gasteiger partial charge in [0.25, 0.3) is 5.56 Å². The van der Waals surface area contributed by atoms with Crippen LogP contribution in [0.4, 0.5) is 0 Å². The highest BCUT2D eigenvalue weighted by Crippen LogP contribution is 2.26. The van der Waals surface area contributed by atoms with Crippen LogP contribution in [-0.2, 0) is 13.0 Å². The number of methoxy groups -OCH3 is 1. The second-order valence-electron chi connectivity index (χ2n) is 5.41. The van der Waals surface area contributed by atoms with Crippen molar-refractivity contribution in [3.63, 3.8) is 0 Å². The number of benzene rings is 2. The molecule has 1 heterocycles. The molecular formula is C19H19NO2. The molecule has 0 saturated heterocycles. The number of hydrogen-bond acceptors (Lipinski definition) is 2. The van der Waals surface area contributed by atoms with Gasteiger partial charge < -0.3 is 9.30 Å². The lowest BCUT2D eigenvalue weighted by molar-refractivity contribution is 0.416. The van der Waals surface area contributed by atoms with Crippen LogP contribution in [0.3, 0.4) is 0 Å². The SMILES string of the molecule is COc1cccc2c(C)cc(=O)n(CCc3ccccc3)c12. The van der Waals surface area contributed by atoms with Crippen LogP contribution >= 0.6 is 0 Å². The van der Waals surface area contributed by atoms with Crippen LogP contribution in [0, 0.1) is 6.92 Å². The highest BCUT2D eigenvalue weighted by atomic mass is 16.5. The molecule has 3 nitrogen and oxygen atoms in total. The average molecular weight is 293 g/mol. The fourth-order valence-electron chi connectivity index (χ4n) is 2.84. The van der Waals surface area contributed by atoms with Crippen molar-refractivity contribution in [2.24, 2.45) is 0 Å². The highest BCUT2D eigenvalue weighted by Gasteiger charge is 2.11.